The molecule has 3 rings (SSSR count). The predicted octanol–water partition coefficient (Wildman–Crippen LogP) is 2.21. The van der Waals surface area contributed by atoms with Crippen LogP contribution in [0.2, 0.25) is 0 Å². The highest BCUT2D eigenvalue weighted by molar-refractivity contribution is 5.95. The van der Waals surface area contributed by atoms with Crippen molar-refractivity contribution in [1.29, 1.82) is 0 Å². The van der Waals surface area contributed by atoms with Gasteiger partial charge in [-0.15, -0.1) is 0 Å². The third-order valence-electron chi connectivity index (χ3n) is 4.07. The SMILES string of the molecule is COc1ccc(C(=O)N[C@H](CO)Cc2ccccc2)cc1-n1cccn1. The molecule has 0 aliphatic rings. The van der Waals surface area contributed by atoms with E-state index in [-0.39, 0.29) is 18.6 Å². The summed E-state index contributed by atoms with van der Waals surface area (Å²) < 4.78 is 6.99. The lowest BCUT2D eigenvalue weighted by molar-refractivity contribution is 0.0916. The molecule has 0 spiro atoms. The molecule has 6 heteroatoms. The number of hydrogen-bond acceptors (Lipinski definition) is 4. The Morgan fingerprint density at radius 3 is 2.69 bits per heavy atom. The lowest BCUT2D eigenvalue weighted by Gasteiger charge is -2.17. The van der Waals surface area contributed by atoms with Gasteiger partial charge < -0.3 is 15.2 Å². The van der Waals surface area contributed by atoms with E-state index in [9.17, 15) is 9.90 Å². The van der Waals surface area contributed by atoms with E-state index in [0.29, 0.717) is 23.4 Å². The summed E-state index contributed by atoms with van der Waals surface area (Å²) in [7, 11) is 1.57. The largest absolute Gasteiger partial charge is 0.494 e. The van der Waals surface area contributed by atoms with E-state index in [1.807, 2.05) is 30.3 Å². The third-order valence-corrected chi connectivity index (χ3v) is 4.07. The van der Waals surface area contributed by atoms with Gasteiger partial charge in [-0.2, -0.15) is 5.10 Å². The zero-order valence-electron chi connectivity index (χ0n) is 14.5. The second-order valence-electron chi connectivity index (χ2n) is 5.88. The van der Waals surface area contributed by atoms with Crippen molar-refractivity contribution in [2.45, 2.75) is 12.5 Å². The van der Waals surface area contributed by atoms with Crippen molar-refractivity contribution in [3.05, 3.63) is 78.1 Å². The summed E-state index contributed by atoms with van der Waals surface area (Å²) in [5.74, 6) is 0.365. The summed E-state index contributed by atoms with van der Waals surface area (Å²) in [6, 6.07) is 16.3. The van der Waals surface area contributed by atoms with Crippen LogP contribution in [0.25, 0.3) is 5.69 Å². The second kappa shape index (κ2) is 8.31. The Labute approximate surface area is 152 Å². The number of aromatic nitrogens is 2. The number of aliphatic hydroxyl groups excluding tert-OH is 1. The Morgan fingerprint density at radius 2 is 2.04 bits per heavy atom. The van der Waals surface area contributed by atoms with E-state index in [1.54, 1.807) is 48.5 Å². The number of carbonyl (C=O) groups excluding carboxylic acids is 1. The van der Waals surface area contributed by atoms with E-state index >= 15 is 0 Å². The molecular formula is C20H21N3O3. The molecule has 1 atom stereocenters. The highest BCUT2D eigenvalue weighted by atomic mass is 16.5. The maximum atomic E-state index is 12.6. The summed E-state index contributed by atoms with van der Waals surface area (Å²) in [6.45, 7) is -0.136. The van der Waals surface area contributed by atoms with Gasteiger partial charge in [0, 0.05) is 18.0 Å². The molecular weight excluding hydrogens is 330 g/mol. The van der Waals surface area contributed by atoms with Crippen LogP contribution in [0.3, 0.4) is 0 Å². The van der Waals surface area contributed by atoms with Gasteiger partial charge in [0.25, 0.3) is 5.91 Å². The smallest absolute Gasteiger partial charge is 0.251 e. The second-order valence-corrected chi connectivity index (χ2v) is 5.88. The van der Waals surface area contributed by atoms with Crippen molar-refractivity contribution in [2.24, 2.45) is 0 Å². The number of nitrogens with one attached hydrogen (secondary N) is 1. The van der Waals surface area contributed by atoms with Crippen LogP contribution in [-0.2, 0) is 6.42 Å². The van der Waals surface area contributed by atoms with E-state index in [4.69, 9.17) is 4.74 Å². The summed E-state index contributed by atoms with van der Waals surface area (Å²) >= 11 is 0. The van der Waals surface area contributed by atoms with Gasteiger partial charge in [-0.25, -0.2) is 4.68 Å². The van der Waals surface area contributed by atoms with E-state index in [2.05, 4.69) is 10.4 Å². The van der Waals surface area contributed by atoms with Crippen molar-refractivity contribution in [1.82, 2.24) is 15.1 Å². The van der Waals surface area contributed by atoms with Crippen LogP contribution in [0.5, 0.6) is 5.75 Å². The molecule has 6 nitrogen and oxygen atoms in total. The minimum atomic E-state index is -0.361. The number of nitrogens with zero attached hydrogens (tertiary/aromatic N) is 2. The highest BCUT2D eigenvalue weighted by Crippen LogP contribution is 2.23. The van der Waals surface area contributed by atoms with Crippen LogP contribution in [-0.4, -0.2) is 40.6 Å². The molecule has 0 radical (unpaired) electrons. The van der Waals surface area contributed by atoms with Gasteiger partial charge >= 0.3 is 0 Å². The number of ether oxygens (including phenoxy) is 1. The Bertz CT molecular complexity index is 848. The first-order valence-corrected chi connectivity index (χ1v) is 8.35. The normalized spacial score (nSPS) is 11.8. The molecule has 0 saturated carbocycles. The molecule has 0 bridgehead atoms. The zero-order chi connectivity index (χ0) is 18.4. The van der Waals surface area contributed by atoms with Crippen LogP contribution in [0, 0.1) is 0 Å². The van der Waals surface area contributed by atoms with Crippen molar-refractivity contribution >= 4 is 5.91 Å². The number of methoxy groups -OCH3 is 1. The average molecular weight is 351 g/mol. The maximum absolute atomic E-state index is 12.6. The van der Waals surface area contributed by atoms with Crippen molar-refractivity contribution in [2.75, 3.05) is 13.7 Å². The number of amides is 1. The third kappa shape index (κ3) is 4.10. The van der Waals surface area contributed by atoms with E-state index in [1.165, 1.54) is 0 Å². The highest BCUT2D eigenvalue weighted by Gasteiger charge is 2.16. The number of aliphatic hydroxyl groups is 1. The minimum Gasteiger partial charge on any atom is -0.494 e. The number of hydrogen-bond donors (Lipinski definition) is 2. The Hall–Kier alpha value is -3.12. The molecule has 0 fully saturated rings. The van der Waals surface area contributed by atoms with Gasteiger partial charge in [-0.3, -0.25) is 4.79 Å². The van der Waals surface area contributed by atoms with Crippen LogP contribution in [0.15, 0.2) is 67.0 Å². The predicted molar refractivity (Wildman–Crippen MR) is 98.6 cm³/mol. The minimum absolute atomic E-state index is 0.136. The number of rotatable bonds is 7. The number of benzene rings is 2. The van der Waals surface area contributed by atoms with Gasteiger partial charge in [-0.05, 0) is 36.2 Å². The molecule has 3 aromatic rings. The lowest BCUT2D eigenvalue weighted by Crippen LogP contribution is -2.39. The van der Waals surface area contributed by atoms with Crippen LogP contribution >= 0.6 is 0 Å². The molecule has 0 saturated heterocycles. The molecule has 0 aliphatic heterocycles. The summed E-state index contributed by atoms with van der Waals surface area (Å²) in [5.41, 5.74) is 2.20. The van der Waals surface area contributed by atoms with Gasteiger partial charge in [0.05, 0.1) is 19.8 Å². The first-order chi connectivity index (χ1) is 12.7. The van der Waals surface area contributed by atoms with E-state index < -0.39 is 0 Å². The topological polar surface area (TPSA) is 76.4 Å². The fourth-order valence-corrected chi connectivity index (χ4v) is 2.75. The van der Waals surface area contributed by atoms with Crippen molar-refractivity contribution in [3.63, 3.8) is 0 Å². The molecule has 2 N–H and O–H groups in total. The standard InChI is InChI=1S/C20H21N3O3/c1-26-19-9-8-16(13-18(19)23-11-5-10-21-23)20(25)22-17(14-24)12-15-6-3-2-4-7-15/h2-11,13,17,24H,12,14H2,1H3,(H,22,25)/t17-/m0/s1. The number of carbonyl (C=O) groups is 1. The molecule has 1 amide bonds. The van der Waals surface area contributed by atoms with Gasteiger partial charge in [-0.1, -0.05) is 30.3 Å². The summed E-state index contributed by atoms with van der Waals surface area (Å²) in [6.07, 6.45) is 4.00. The Kier molecular flexibility index (Phi) is 5.66. The Balaban J connectivity index is 1.77. The fourth-order valence-electron chi connectivity index (χ4n) is 2.75. The first kappa shape index (κ1) is 17.7. The van der Waals surface area contributed by atoms with Crippen LogP contribution < -0.4 is 10.1 Å². The average Bonchev–Trinajstić information content (AvgIpc) is 3.22. The van der Waals surface area contributed by atoms with Gasteiger partial charge in [0.15, 0.2) is 0 Å². The monoisotopic (exact) mass is 351 g/mol. The maximum Gasteiger partial charge on any atom is 0.251 e. The molecule has 134 valence electrons. The quantitative estimate of drug-likeness (QED) is 0.684. The van der Waals surface area contributed by atoms with Crippen molar-refractivity contribution in [3.8, 4) is 11.4 Å². The zero-order valence-corrected chi connectivity index (χ0v) is 14.5. The van der Waals surface area contributed by atoms with Crippen LogP contribution in [0.1, 0.15) is 15.9 Å². The Morgan fingerprint density at radius 1 is 1.23 bits per heavy atom. The molecule has 1 heterocycles. The fraction of sp³-hybridized carbons (Fsp3) is 0.200. The van der Waals surface area contributed by atoms with Gasteiger partial charge in [0.1, 0.15) is 11.4 Å². The molecule has 26 heavy (non-hydrogen) atoms. The van der Waals surface area contributed by atoms with Crippen LogP contribution in [0.4, 0.5) is 0 Å². The summed E-state index contributed by atoms with van der Waals surface area (Å²) in [4.78, 5) is 12.6. The molecule has 2 aromatic carbocycles. The van der Waals surface area contributed by atoms with Crippen molar-refractivity contribution < 1.29 is 14.6 Å². The molecule has 1 aromatic heterocycles. The first-order valence-electron chi connectivity index (χ1n) is 8.35. The molecule has 0 unspecified atom stereocenters. The summed E-state index contributed by atoms with van der Waals surface area (Å²) in [5, 5.41) is 16.7. The van der Waals surface area contributed by atoms with E-state index in [0.717, 1.165) is 5.56 Å². The van der Waals surface area contributed by atoms with Gasteiger partial charge in [0.2, 0.25) is 0 Å². The molecule has 0 aliphatic carbocycles. The lowest BCUT2D eigenvalue weighted by atomic mass is 10.1.